The van der Waals surface area contributed by atoms with Gasteiger partial charge in [0.15, 0.2) is 5.60 Å². The molecule has 0 bridgehead atoms. The van der Waals surface area contributed by atoms with Crippen molar-refractivity contribution in [3.8, 4) is 0 Å². The first-order valence-electron chi connectivity index (χ1n) is 9.42. The lowest BCUT2D eigenvalue weighted by Gasteiger charge is -2.39. The van der Waals surface area contributed by atoms with Crippen LogP contribution in [0, 0.1) is 0 Å². The summed E-state index contributed by atoms with van der Waals surface area (Å²) >= 11 is 0. The normalized spacial score (nSPS) is 16.8. The summed E-state index contributed by atoms with van der Waals surface area (Å²) in [5.41, 5.74) is 1.08. The van der Waals surface area contributed by atoms with Crippen LogP contribution in [0.5, 0.6) is 0 Å². The lowest BCUT2D eigenvalue weighted by molar-refractivity contribution is -0.153. The fraction of sp³-hybridized carbons (Fsp3) is 0.455. The van der Waals surface area contributed by atoms with Gasteiger partial charge in [-0.15, -0.1) is 0 Å². The first-order valence-corrected chi connectivity index (χ1v) is 9.42. The molecule has 6 heteroatoms. The van der Waals surface area contributed by atoms with Crippen molar-refractivity contribution >= 4 is 11.9 Å². The van der Waals surface area contributed by atoms with Crippen molar-refractivity contribution in [2.45, 2.75) is 46.3 Å². The molecule has 2 rings (SSSR count). The quantitative estimate of drug-likeness (QED) is 0.388. The molecule has 0 atom stereocenters. The number of hydrogen-bond acceptors (Lipinski definition) is 5. The van der Waals surface area contributed by atoms with Gasteiger partial charge in [-0.2, -0.15) is 0 Å². The summed E-state index contributed by atoms with van der Waals surface area (Å²) in [6, 6.07) is 9.86. The second kappa shape index (κ2) is 9.55. The van der Waals surface area contributed by atoms with Crippen LogP contribution in [0.15, 0.2) is 53.4 Å². The highest BCUT2D eigenvalue weighted by Crippen LogP contribution is 2.32. The van der Waals surface area contributed by atoms with E-state index in [2.05, 4.69) is 0 Å². The number of esters is 1. The molecular weight excluding hydrogens is 358 g/mol. The zero-order chi connectivity index (χ0) is 20.7. The molecule has 6 nitrogen and oxygen atoms in total. The van der Waals surface area contributed by atoms with Crippen LogP contribution in [-0.2, 0) is 30.4 Å². The predicted molar refractivity (Wildman–Crippen MR) is 106 cm³/mol. The average molecular weight is 387 g/mol. The van der Waals surface area contributed by atoms with E-state index in [1.165, 1.54) is 7.11 Å². The maximum Gasteiger partial charge on any atom is 0.333 e. The standard InChI is InChI=1S/C22H29NO5/c1-6-19-18(14-16(2)20(24)26-5)23(21(25)22(3,4)28-19)12-13-27-15-17-10-8-7-9-11-17/h7-11,14H,6,12-13,15H2,1-5H3/b16-14+. The Morgan fingerprint density at radius 2 is 1.93 bits per heavy atom. The van der Waals surface area contributed by atoms with Gasteiger partial charge in [-0.3, -0.25) is 4.79 Å². The van der Waals surface area contributed by atoms with E-state index < -0.39 is 11.6 Å². The third-order valence-electron chi connectivity index (χ3n) is 4.47. The minimum absolute atomic E-state index is 0.170. The topological polar surface area (TPSA) is 65.1 Å². The second-order valence-electron chi connectivity index (χ2n) is 7.09. The Morgan fingerprint density at radius 1 is 1.25 bits per heavy atom. The van der Waals surface area contributed by atoms with Crippen LogP contribution in [0.4, 0.5) is 0 Å². The Morgan fingerprint density at radius 3 is 2.54 bits per heavy atom. The van der Waals surface area contributed by atoms with Gasteiger partial charge in [0.25, 0.3) is 5.91 Å². The number of hydrogen-bond donors (Lipinski definition) is 0. The van der Waals surface area contributed by atoms with Gasteiger partial charge in [0.1, 0.15) is 5.76 Å². The summed E-state index contributed by atoms with van der Waals surface area (Å²) in [4.78, 5) is 26.4. The Balaban J connectivity index is 2.20. The second-order valence-corrected chi connectivity index (χ2v) is 7.09. The first-order chi connectivity index (χ1) is 13.3. The summed E-state index contributed by atoms with van der Waals surface area (Å²) in [5.74, 6) is 0.0494. The zero-order valence-electron chi connectivity index (χ0n) is 17.3. The predicted octanol–water partition coefficient (Wildman–Crippen LogP) is 3.58. The van der Waals surface area contributed by atoms with E-state index >= 15 is 0 Å². The van der Waals surface area contributed by atoms with Gasteiger partial charge in [-0.05, 0) is 32.4 Å². The van der Waals surface area contributed by atoms with Crippen molar-refractivity contribution in [2.75, 3.05) is 20.3 Å². The van der Waals surface area contributed by atoms with E-state index in [4.69, 9.17) is 14.2 Å². The number of benzene rings is 1. The summed E-state index contributed by atoms with van der Waals surface area (Å²) < 4.78 is 16.5. The minimum atomic E-state index is -0.971. The number of carbonyl (C=O) groups excluding carboxylic acids is 2. The maximum absolute atomic E-state index is 13.0. The fourth-order valence-corrected chi connectivity index (χ4v) is 2.97. The molecule has 0 fully saturated rings. The van der Waals surface area contributed by atoms with Crippen LogP contribution >= 0.6 is 0 Å². The summed E-state index contributed by atoms with van der Waals surface area (Å²) in [6.45, 7) is 8.30. The van der Waals surface area contributed by atoms with Crippen LogP contribution in [0.2, 0.25) is 0 Å². The molecule has 1 aliphatic rings. The van der Waals surface area contributed by atoms with Crippen LogP contribution in [0.25, 0.3) is 0 Å². The van der Waals surface area contributed by atoms with Crippen LogP contribution in [0.3, 0.4) is 0 Å². The highest BCUT2D eigenvalue weighted by molar-refractivity contribution is 5.90. The fourth-order valence-electron chi connectivity index (χ4n) is 2.97. The SMILES string of the molecule is CCC1=C(/C=C(\C)C(=O)OC)N(CCOCc2ccccc2)C(=O)C(C)(C)O1. The Bertz CT molecular complexity index is 764. The van der Waals surface area contributed by atoms with E-state index in [0.717, 1.165) is 5.56 Å². The molecular formula is C22H29NO5. The van der Waals surface area contributed by atoms with E-state index in [1.54, 1.807) is 31.7 Å². The summed E-state index contributed by atoms with van der Waals surface area (Å²) in [7, 11) is 1.33. The van der Waals surface area contributed by atoms with Crippen LogP contribution in [0.1, 0.15) is 39.7 Å². The summed E-state index contributed by atoms with van der Waals surface area (Å²) in [5, 5.41) is 0. The molecule has 28 heavy (non-hydrogen) atoms. The Hall–Kier alpha value is -2.60. The molecule has 1 aliphatic heterocycles. The van der Waals surface area contributed by atoms with Crippen molar-refractivity contribution in [1.82, 2.24) is 4.90 Å². The lowest BCUT2D eigenvalue weighted by Crippen LogP contribution is -2.51. The maximum atomic E-state index is 13.0. The van der Waals surface area contributed by atoms with Gasteiger partial charge >= 0.3 is 5.97 Å². The molecule has 0 N–H and O–H groups in total. The zero-order valence-corrected chi connectivity index (χ0v) is 17.3. The monoisotopic (exact) mass is 387 g/mol. The smallest absolute Gasteiger partial charge is 0.333 e. The highest BCUT2D eigenvalue weighted by Gasteiger charge is 2.41. The number of allylic oxidation sites excluding steroid dienone is 2. The van der Waals surface area contributed by atoms with Crippen molar-refractivity contribution < 1.29 is 23.8 Å². The molecule has 1 amide bonds. The van der Waals surface area contributed by atoms with E-state index in [0.29, 0.717) is 43.2 Å². The third kappa shape index (κ3) is 5.23. The van der Waals surface area contributed by atoms with Gasteiger partial charge in [0, 0.05) is 18.5 Å². The molecule has 1 heterocycles. The molecule has 0 spiro atoms. The number of methoxy groups -OCH3 is 1. The van der Waals surface area contributed by atoms with Gasteiger partial charge in [0.05, 0.1) is 26.0 Å². The van der Waals surface area contributed by atoms with E-state index in [-0.39, 0.29) is 5.91 Å². The van der Waals surface area contributed by atoms with Crippen molar-refractivity contribution in [3.05, 3.63) is 59.0 Å². The molecule has 1 aromatic rings. The number of ether oxygens (including phenoxy) is 3. The van der Waals surface area contributed by atoms with Gasteiger partial charge in [0.2, 0.25) is 0 Å². The highest BCUT2D eigenvalue weighted by atomic mass is 16.5. The van der Waals surface area contributed by atoms with E-state index in [9.17, 15) is 9.59 Å². The number of amides is 1. The molecule has 152 valence electrons. The first kappa shape index (κ1) is 21.7. The molecule has 0 radical (unpaired) electrons. The molecule has 0 saturated carbocycles. The van der Waals surface area contributed by atoms with Crippen LogP contribution < -0.4 is 0 Å². The number of rotatable bonds is 8. The van der Waals surface area contributed by atoms with Gasteiger partial charge < -0.3 is 19.1 Å². The minimum Gasteiger partial charge on any atom is -0.480 e. The van der Waals surface area contributed by atoms with E-state index in [1.807, 2.05) is 37.3 Å². The molecule has 0 unspecified atom stereocenters. The third-order valence-corrected chi connectivity index (χ3v) is 4.47. The van der Waals surface area contributed by atoms with Crippen molar-refractivity contribution in [2.24, 2.45) is 0 Å². The summed E-state index contributed by atoms with van der Waals surface area (Å²) in [6.07, 6.45) is 2.24. The Labute approximate surface area is 166 Å². The molecule has 0 aliphatic carbocycles. The van der Waals surface area contributed by atoms with Crippen molar-refractivity contribution in [1.29, 1.82) is 0 Å². The Kier molecular flexibility index (Phi) is 7.40. The van der Waals surface area contributed by atoms with Crippen LogP contribution in [-0.4, -0.2) is 42.6 Å². The molecule has 0 saturated heterocycles. The number of carbonyl (C=O) groups is 2. The largest absolute Gasteiger partial charge is 0.480 e. The number of nitrogens with zero attached hydrogens (tertiary/aromatic N) is 1. The molecule has 0 aromatic heterocycles. The molecule has 1 aromatic carbocycles. The van der Waals surface area contributed by atoms with Crippen molar-refractivity contribution in [3.63, 3.8) is 0 Å². The lowest BCUT2D eigenvalue weighted by atomic mass is 10.0. The van der Waals surface area contributed by atoms with Gasteiger partial charge in [-0.1, -0.05) is 37.3 Å². The van der Waals surface area contributed by atoms with Gasteiger partial charge in [-0.25, -0.2) is 4.79 Å². The average Bonchev–Trinajstić information content (AvgIpc) is 2.69.